The van der Waals surface area contributed by atoms with E-state index in [9.17, 15) is 9.59 Å². The second-order valence-electron chi connectivity index (χ2n) is 6.96. The minimum absolute atomic E-state index is 0.0636. The van der Waals surface area contributed by atoms with Gasteiger partial charge in [0.1, 0.15) is 11.1 Å². The maximum Gasteiger partial charge on any atom is 0.238 e. The second-order valence-corrected chi connectivity index (χ2v) is 8.03. The minimum atomic E-state index is -0.142. The van der Waals surface area contributed by atoms with Gasteiger partial charge in [0.25, 0.3) is 0 Å². The molecular formula is C24H22N2O3S. The number of hydrogen-bond donors (Lipinski definition) is 1. The van der Waals surface area contributed by atoms with Gasteiger partial charge in [0.05, 0.1) is 19.3 Å². The standard InChI is InChI=1S/C24H22N2O3S/c1-29-21-12-10-20(11-13-21)26-23(28)16-30-24(26)18-8-5-9-19(15-18)25-22(27)14-17-6-3-2-4-7-17/h2-13,15,24H,14,16H2,1H3,(H,25,27)/t24-/m1/s1. The van der Waals surface area contributed by atoms with Crippen LogP contribution in [0.25, 0.3) is 0 Å². The number of amides is 2. The summed E-state index contributed by atoms with van der Waals surface area (Å²) in [6.07, 6.45) is 0.319. The summed E-state index contributed by atoms with van der Waals surface area (Å²) in [5.41, 5.74) is 3.49. The molecule has 5 nitrogen and oxygen atoms in total. The number of carbonyl (C=O) groups excluding carboxylic acids is 2. The van der Waals surface area contributed by atoms with Gasteiger partial charge in [0.15, 0.2) is 0 Å². The Bertz CT molecular complexity index is 1040. The summed E-state index contributed by atoms with van der Waals surface area (Å²) in [5, 5.41) is 2.83. The third kappa shape index (κ3) is 4.49. The number of thioether (sulfide) groups is 1. The molecule has 0 radical (unpaired) electrons. The number of nitrogens with one attached hydrogen (secondary N) is 1. The Hall–Kier alpha value is -3.25. The number of benzene rings is 3. The Balaban J connectivity index is 1.51. The van der Waals surface area contributed by atoms with Gasteiger partial charge in [-0.2, -0.15) is 0 Å². The summed E-state index contributed by atoms with van der Waals surface area (Å²) in [6.45, 7) is 0. The van der Waals surface area contributed by atoms with Crippen LogP contribution in [0.2, 0.25) is 0 Å². The molecule has 1 atom stereocenters. The zero-order chi connectivity index (χ0) is 20.9. The number of nitrogens with zero attached hydrogens (tertiary/aromatic N) is 1. The zero-order valence-electron chi connectivity index (χ0n) is 16.6. The summed E-state index contributed by atoms with van der Waals surface area (Å²) in [5.74, 6) is 1.16. The topological polar surface area (TPSA) is 58.6 Å². The van der Waals surface area contributed by atoms with Gasteiger partial charge in [-0.25, -0.2) is 0 Å². The van der Waals surface area contributed by atoms with Crippen LogP contribution in [0.3, 0.4) is 0 Å². The Morgan fingerprint density at radius 3 is 2.57 bits per heavy atom. The van der Waals surface area contributed by atoms with Crippen molar-refractivity contribution >= 4 is 35.0 Å². The average Bonchev–Trinajstić information content (AvgIpc) is 3.16. The molecule has 3 aromatic rings. The van der Waals surface area contributed by atoms with E-state index in [0.717, 1.165) is 28.3 Å². The Morgan fingerprint density at radius 2 is 1.83 bits per heavy atom. The van der Waals surface area contributed by atoms with E-state index in [0.29, 0.717) is 12.2 Å². The van der Waals surface area contributed by atoms with Crippen LogP contribution in [0.15, 0.2) is 78.9 Å². The first kappa shape index (κ1) is 20.0. The van der Waals surface area contributed by atoms with Gasteiger partial charge in [-0.1, -0.05) is 42.5 Å². The molecule has 1 aliphatic heterocycles. The summed E-state index contributed by atoms with van der Waals surface area (Å²) in [4.78, 5) is 26.8. The lowest BCUT2D eigenvalue weighted by Crippen LogP contribution is -2.27. The fourth-order valence-electron chi connectivity index (χ4n) is 3.45. The highest BCUT2D eigenvalue weighted by Gasteiger charge is 2.34. The molecular weight excluding hydrogens is 396 g/mol. The smallest absolute Gasteiger partial charge is 0.238 e. The predicted octanol–water partition coefficient (Wildman–Crippen LogP) is 4.66. The Kier molecular flexibility index (Phi) is 6.05. The van der Waals surface area contributed by atoms with Crippen LogP contribution in [-0.4, -0.2) is 24.7 Å². The van der Waals surface area contributed by atoms with E-state index in [1.807, 2.05) is 78.9 Å². The highest BCUT2D eigenvalue weighted by atomic mass is 32.2. The van der Waals surface area contributed by atoms with Gasteiger partial charge in [0, 0.05) is 11.4 Å². The molecule has 1 heterocycles. The highest BCUT2D eigenvalue weighted by molar-refractivity contribution is 8.00. The fraction of sp³-hybridized carbons (Fsp3) is 0.167. The molecule has 1 aliphatic rings. The fourth-order valence-corrected chi connectivity index (χ4v) is 4.62. The van der Waals surface area contributed by atoms with Gasteiger partial charge >= 0.3 is 0 Å². The lowest BCUT2D eigenvalue weighted by Gasteiger charge is -2.25. The Labute approximate surface area is 180 Å². The molecule has 1 N–H and O–H groups in total. The zero-order valence-corrected chi connectivity index (χ0v) is 17.4. The molecule has 0 saturated carbocycles. The molecule has 0 aliphatic carbocycles. The van der Waals surface area contributed by atoms with E-state index in [4.69, 9.17) is 4.74 Å². The molecule has 4 rings (SSSR count). The van der Waals surface area contributed by atoms with Gasteiger partial charge in [-0.05, 0) is 47.5 Å². The van der Waals surface area contributed by atoms with Crippen molar-refractivity contribution in [3.8, 4) is 5.75 Å². The molecule has 152 valence electrons. The first-order valence-corrected chi connectivity index (χ1v) is 10.7. The van der Waals surface area contributed by atoms with Gasteiger partial charge in [-0.15, -0.1) is 11.8 Å². The van der Waals surface area contributed by atoms with E-state index in [1.165, 1.54) is 0 Å². The van der Waals surface area contributed by atoms with E-state index in [2.05, 4.69) is 5.32 Å². The van der Waals surface area contributed by atoms with Crippen molar-refractivity contribution in [2.24, 2.45) is 0 Å². The van der Waals surface area contributed by atoms with Crippen molar-refractivity contribution < 1.29 is 14.3 Å². The number of rotatable bonds is 6. The predicted molar refractivity (Wildman–Crippen MR) is 121 cm³/mol. The molecule has 0 aromatic heterocycles. The molecule has 0 spiro atoms. The second kappa shape index (κ2) is 9.05. The summed E-state index contributed by atoms with van der Waals surface area (Å²) >= 11 is 1.58. The van der Waals surface area contributed by atoms with Gasteiger partial charge in [0.2, 0.25) is 11.8 Å². The largest absolute Gasteiger partial charge is 0.497 e. The third-order valence-electron chi connectivity index (χ3n) is 4.88. The van der Waals surface area contributed by atoms with Crippen molar-refractivity contribution in [2.75, 3.05) is 23.1 Å². The van der Waals surface area contributed by atoms with E-state index in [1.54, 1.807) is 23.8 Å². The molecule has 0 unspecified atom stereocenters. The quantitative estimate of drug-likeness (QED) is 0.633. The van der Waals surface area contributed by atoms with Gasteiger partial charge in [-0.3, -0.25) is 14.5 Å². The van der Waals surface area contributed by atoms with E-state index < -0.39 is 0 Å². The summed E-state index contributed by atoms with van der Waals surface area (Å²) in [6, 6.07) is 24.8. The summed E-state index contributed by atoms with van der Waals surface area (Å²) in [7, 11) is 1.62. The van der Waals surface area contributed by atoms with E-state index >= 15 is 0 Å². The number of carbonyl (C=O) groups is 2. The number of hydrogen-bond acceptors (Lipinski definition) is 4. The molecule has 1 fully saturated rings. The van der Waals surface area contributed by atoms with Crippen molar-refractivity contribution in [1.82, 2.24) is 0 Å². The van der Waals surface area contributed by atoms with Gasteiger partial charge < -0.3 is 10.1 Å². The van der Waals surface area contributed by atoms with Crippen LogP contribution < -0.4 is 15.0 Å². The molecule has 30 heavy (non-hydrogen) atoms. The maximum absolute atomic E-state index is 12.6. The first-order valence-electron chi connectivity index (χ1n) is 9.65. The van der Waals surface area contributed by atoms with Crippen LogP contribution in [0.1, 0.15) is 16.5 Å². The lowest BCUT2D eigenvalue weighted by atomic mass is 10.1. The first-order chi connectivity index (χ1) is 14.6. The summed E-state index contributed by atoms with van der Waals surface area (Å²) < 4.78 is 5.22. The third-order valence-corrected chi connectivity index (χ3v) is 6.09. The van der Waals surface area contributed by atoms with Crippen LogP contribution in [-0.2, 0) is 16.0 Å². The normalized spacial score (nSPS) is 15.8. The SMILES string of the molecule is COc1ccc(N2C(=O)CS[C@@H]2c2cccc(NC(=O)Cc3ccccc3)c2)cc1. The van der Waals surface area contributed by atoms with Crippen molar-refractivity contribution in [3.05, 3.63) is 90.0 Å². The minimum Gasteiger partial charge on any atom is -0.497 e. The number of ether oxygens (including phenoxy) is 1. The van der Waals surface area contributed by atoms with Crippen LogP contribution in [0.5, 0.6) is 5.75 Å². The molecule has 0 bridgehead atoms. The molecule has 2 amide bonds. The number of anilines is 2. The average molecular weight is 419 g/mol. The lowest BCUT2D eigenvalue weighted by molar-refractivity contribution is -0.116. The van der Waals surface area contributed by atoms with Crippen molar-refractivity contribution in [2.45, 2.75) is 11.8 Å². The molecule has 6 heteroatoms. The van der Waals surface area contributed by atoms with Crippen molar-refractivity contribution in [3.63, 3.8) is 0 Å². The highest BCUT2D eigenvalue weighted by Crippen LogP contribution is 2.42. The number of methoxy groups -OCH3 is 1. The van der Waals surface area contributed by atoms with E-state index in [-0.39, 0.29) is 17.2 Å². The van der Waals surface area contributed by atoms with Crippen LogP contribution >= 0.6 is 11.8 Å². The maximum atomic E-state index is 12.6. The van der Waals surface area contributed by atoms with Crippen LogP contribution in [0, 0.1) is 0 Å². The molecule has 1 saturated heterocycles. The monoisotopic (exact) mass is 418 g/mol. The van der Waals surface area contributed by atoms with Crippen LogP contribution in [0.4, 0.5) is 11.4 Å². The molecule has 3 aromatic carbocycles. The Morgan fingerprint density at radius 1 is 1.07 bits per heavy atom. The van der Waals surface area contributed by atoms with Crippen molar-refractivity contribution in [1.29, 1.82) is 0 Å².